The molecule has 0 aliphatic rings. The number of nitrogens with one attached hydrogen (secondary N) is 1. The Bertz CT molecular complexity index is 1050. The predicted molar refractivity (Wildman–Crippen MR) is 129 cm³/mol. The van der Waals surface area contributed by atoms with E-state index in [1.54, 1.807) is 17.1 Å². The van der Waals surface area contributed by atoms with Gasteiger partial charge in [-0.1, -0.05) is 39.8 Å². The Morgan fingerprint density at radius 2 is 1.76 bits per heavy atom. The van der Waals surface area contributed by atoms with Gasteiger partial charge in [0, 0.05) is 6.20 Å². The molecule has 0 aliphatic carbocycles. The molecule has 0 saturated heterocycles. The molecule has 1 unspecified atom stereocenters. The zero-order valence-electron chi connectivity index (χ0n) is 20.2. The minimum Gasteiger partial charge on any atom is -0.490 e. The number of nitrogens with zero attached hydrogens (tertiary/aromatic N) is 3. The van der Waals surface area contributed by atoms with Crippen LogP contribution >= 0.6 is 0 Å². The molecule has 176 valence electrons. The van der Waals surface area contributed by atoms with Crippen LogP contribution in [0.3, 0.4) is 0 Å². The van der Waals surface area contributed by atoms with Crippen molar-refractivity contribution < 1.29 is 14.3 Å². The fourth-order valence-electron chi connectivity index (χ4n) is 3.56. The van der Waals surface area contributed by atoms with Gasteiger partial charge in [0.1, 0.15) is 0 Å². The molecule has 3 rings (SSSR count). The summed E-state index contributed by atoms with van der Waals surface area (Å²) in [5.74, 6) is 2.04. The number of carbonyl (C=O) groups excluding carboxylic acids is 1. The summed E-state index contributed by atoms with van der Waals surface area (Å²) in [4.78, 5) is 17.6. The molecule has 0 radical (unpaired) electrons. The number of amides is 1. The Balaban J connectivity index is 1.82. The summed E-state index contributed by atoms with van der Waals surface area (Å²) in [5, 5.41) is 7.56. The van der Waals surface area contributed by atoms with E-state index in [-0.39, 0.29) is 17.9 Å². The van der Waals surface area contributed by atoms with Gasteiger partial charge in [-0.3, -0.25) is 4.79 Å². The largest absolute Gasteiger partial charge is 0.490 e. The maximum atomic E-state index is 13.2. The van der Waals surface area contributed by atoms with Gasteiger partial charge in [0.25, 0.3) is 5.91 Å². The molecule has 1 amide bonds. The molecule has 1 atom stereocenters. The van der Waals surface area contributed by atoms with Gasteiger partial charge in [0.15, 0.2) is 17.3 Å². The van der Waals surface area contributed by atoms with Crippen LogP contribution in [0.1, 0.15) is 81.0 Å². The first-order valence-corrected chi connectivity index (χ1v) is 11.7. The lowest BCUT2D eigenvalue weighted by Crippen LogP contribution is -2.27. The molecule has 33 heavy (non-hydrogen) atoms. The van der Waals surface area contributed by atoms with Crippen molar-refractivity contribution in [3.8, 4) is 17.3 Å². The second kappa shape index (κ2) is 11.5. The maximum absolute atomic E-state index is 13.2. The summed E-state index contributed by atoms with van der Waals surface area (Å²) in [6.07, 6.45) is 5.16. The Kier molecular flexibility index (Phi) is 8.46. The van der Waals surface area contributed by atoms with Crippen molar-refractivity contribution in [3.63, 3.8) is 0 Å². The molecule has 7 heteroatoms. The van der Waals surface area contributed by atoms with Crippen molar-refractivity contribution >= 4 is 5.91 Å². The number of hydrogen-bond acceptors (Lipinski definition) is 5. The van der Waals surface area contributed by atoms with Crippen LogP contribution in [0.5, 0.6) is 11.5 Å². The highest BCUT2D eigenvalue weighted by atomic mass is 16.5. The third-order valence-corrected chi connectivity index (χ3v) is 5.20. The molecule has 1 aromatic carbocycles. The van der Waals surface area contributed by atoms with Crippen LogP contribution in [0.4, 0.5) is 0 Å². The van der Waals surface area contributed by atoms with Crippen molar-refractivity contribution in [2.45, 2.75) is 59.4 Å². The minimum absolute atomic E-state index is 0.0922. The number of ether oxygens (including phenoxy) is 2. The first kappa shape index (κ1) is 24.3. The molecule has 2 aromatic heterocycles. The van der Waals surface area contributed by atoms with Crippen LogP contribution < -0.4 is 14.8 Å². The smallest absolute Gasteiger partial charge is 0.255 e. The van der Waals surface area contributed by atoms with E-state index in [1.807, 2.05) is 57.2 Å². The first-order valence-electron chi connectivity index (χ1n) is 11.7. The lowest BCUT2D eigenvalue weighted by molar-refractivity contribution is 0.0938. The summed E-state index contributed by atoms with van der Waals surface area (Å²) in [6, 6.07) is 11.2. The summed E-state index contributed by atoms with van der Waals surface area (Å²) in [5.41, 5.74) is 2.32. The normalized spacial score (nSPS) is 11.9. The van der Waals surface area contributed by atoms with Gasteiger partial charge in [-0.25, -0.2) is 9.67 Å². The average molecular weight is 451 g/mol. The summed E-state index contributed by atoms with van der Waals surface area (Å²) in [6.45, 7) is 11.4. The van der Waals surface area contributed by atoms with Gasteiger partial charge in [-0.2, -0.15) is 5.10 Å². The van der Waals surface area contributed by atoms with E-state index in [4.69, 9.17) is 9.47 Å². The van der Waals surface area contributed by atoms with Gasteiger partial charge >= 0.3 is 0 Å². The summed E-state index contributed by atoms with van der Waals surface area (Å²) < 4.78 is 13.5. The van der Waals surface area contributed by atoms with Crippen molar-refractivity contribution in [1.29, 1.82) is 0 Å². The van der Waals surface area contributed by atoms with Crippen LogP contribution in [-0.4, -0.2) is 33.9 Å². The number of pyridine rings is 1. The Morgan fingerprint density at radius 1 is 1.03 bits per heavy atom. The number of carbonyl (C=O) groups is 1. The van der Waals surface area contributed by atoms with Crippen LogP contribution in [-0.2, 0) is 0 Å². The molecule has 2 heterocycles. The summed E-state index contributed by atoms with van der Waals surface area (Å²) >= 11 is 0. The van der Waals surface area contributed by atoms with Gasteiger partial charge in [0.05, 0.1) is 36.7 Å². The molecular formula is C26H34N4O3. The fourth-order valence-corrected chi connectivity index (χ4v) is 3.56. The summed E-state index contributed by atoms with van der Waals surface area (Å²) in [7, 11) is 0. The predicted octanol–water partition coefficient (Wildman–Crippen LogP) is 5.46. The van der Waals surface area contributed by atoms with Crippen molar-refractivity contribution in [3.05, 3.63) is 65.6 Å². The lowest BCUT2D eigenvalue weighted by atomic mass is 10.0. The third-order valence-electron chi connectivity index (χ3n) is 5.20. The highest BCUT2D eigenvalue weighted by molar-refractivity contribution is 5.95. The van der Waals surface area contributed by atoms with E-state index in [9.17, 15) is 4.79 Å². The highest BCUT2D eigenvalue weighted by Crippen LogP contribution is 2.31. The first-order chi connectivity index (χ1) is 16.0. The van der Waals surface area contributed by atoms with Crippen LogP contribution in [0.2, 0.25) is 0 Å². The zero-order chi connectivity index (χ0) is 23.8. The average Bonchev–Trinajstić information content (AvgIpc) is 3.28. The molecule has 0 bridgehead atoms. The Morgan fingerprint density at radius 3 is 2.39 bits per heavy atom. The molecule has 0 saturated carbocycles. The van der Waals surface area contributed by atoms with Gasteiger partial charge in [-0.05, 0) is 55.5 Å². The topological polar surface area (TPSA) is 78.3 Å². The van der Waals surface area contributed by atoms with Gasteiger partial charge in [-0.15, -0.1) is 0 Å². The number of rotatable bonds is 11. The van der Waals surface area contributed by atoms with E-state index in [1.165, 1.54) is 0 Å². The second-order valence-electron chi connectivity index (χ2n) is 8.30. The molecule has 0 aliphatic heterocycles. The van der Waals surface area contributed by atoms with Crippen LogP contribution in [0.25, 0.3) is 5.82 Å². The Labute approximate surface area is 196 Å². The van der Waals surface area contributed by atoms with Crippen LogP contribution in [0, 0.1) is 0 Å². The molecule has 1 N–H and O–H groups in total. The maximum Gasteiger partial charge on any atom is 0.255 e. The van der Waals surface area contributed by atoms with Crippen molar-refractivity contribution in [2.75, 3.05) is 13.2 Å². The van der Waals surface area contributed by atoms with Crippen molar-refractivity contribution in [1.82, 2.24) is 20.1 Å². The zero-order valence-corrected chi connectivity index (χ0v) is 20.2. The minimum atomic E-state index is -0.222. The van der Waals surface area contributed by atoms with E-state index in [0.717, 1.165) is 29.8 Å². The number of aromatic nitrogens is 3. The Hall–Kier alpha value is -3.35. The standard InChI is InChI=1S/C26H34N4O3/c1-6-14-32-22-12-11-20(16-23(22)33-15-7-2)19(5)29-26(31)21-17-28-30(25(21)18(3)4)24-10-8-9-13-27-24/h8-13,16-19H,6-7,14-15H2,1-5H3,(H,29,31). The monoisotopic (exact) mass is 450 g/mol. The quantitative estimate of drug-likeness (QED) is 0.420. The lowest BCUT2D eigenvalue weighted by Gasteiger charge is -2.18. The number of hydrogen-bond donors (Lipinski definition) is 1. The molecule has 0 spiro atoms. The SMILES string of the molecule is CCCOc1ccc(C(C)NC(=O)c2cnn(-c3ccccn3)c2C(C)C)cc1OCCC. The molecule has 7 nitrogen and oxygen atoms in total. The molecule has 0 fully saturated rings. The van der Waals surface area contributed by atoms with E-state index < -0.39 is 0 Å². The van der Waals surface area contributed by atoms with Gasteiger partial charge in [0.2, 0.25) is 0 Å². The number of benzene rings is 1. The van der Waals surface area contributed by atoms with E-state index in [0.29, 0.717) is 30.3 Å². The second-order valence-corrected chi connectivity index (χ2v) is 8.30. The molecule has 3 aromatic rings. The third kappa shape index (κ3) is 5.92. The van der Waals surface area contributed by atoms with Crippen molar-refractivity contribution in [2.24, 2.45) is 0 Å². The fraction of sp³-hybridized carbons (Fsp3) is 0.423. The van der Waals surface area contributed by atoms with E-state index in [2.05, 4.69) is 29.2 Å². The van der Waals surface area contributed by atoms with Crippen LogP contribution in [0.15, 0.2) is 48.8 Å². The van der Waals surface area contributed by atoms with Gasteiger partial charge < -0.3 is 14.8 Å². The van der Waals surface area contributed by atoms with E-state index >= 15 is 0 Å². The molecular weight excluding hydrogens is 416 g/mol. The highest BCUT2D eigenvalue weighted by Gasteiger charge is 2.23.